The summed E-state index contributed by atoms with van der Waals surface area (Å²) in [6.45, 7) is 6.79. The molecule has 0 radical (unpaired) electrons. The predicted molar refractivity (Wildman–Crippen MR) is 146 cm³/mol. The van der Waals surface area contributed by atoms with Gasteiger partial charge in [0.2, 0.25) is 0 Å². The molecule has 1 aliphatic heterocycles. The summed E-state index contributed by atoms with van der Waals surface area (Å²) in [6, 6.07) is 24.2. The van der Waals surface area contributed by atoms with Crippen molar-refractivity contribution in [2.45, 2.75) is 31.9 Å². The maximum absolute atomic E-state index is 10.8. The molecule has 1 fully saturated rings. The van der Waals surface area contributed by atoms with Gasteiger partial charge in [0.15, 0.2) is 0 Å². The first-order chi connectivity index (χ1) is 17.7. The van der Waals surface area contributed by atoms with Gasteiger partial charge in [0, 0.05) is 32.7 Å². The summed E-state index contributed by atoms with van der Waals surface area (Å²) in [5.74, 6) is 0.813. The van der Waals surface area contributed by atoms with Gasteiger partial charge in [0.25, 0.3) is 0 Å². The molecule has 2 aliphatic rings. The van der Waals surface area contributed by atoms with Gasteiger partial charge in [-0.3, -0.25) is 9.80 Å². The normalized spacial score (nSPS) is 17.9. The first kappa shape index (κ1) is 23.6. The van der Waals surface area contributed by atoms with Crippen molar-refractivity contribution < 1.29 is 9.84 Å². The molecular formula is C30H33N3O2S. The van der Waals surface area contributed by atoms with Gasteiger partial charge in [-0.1, -0.05) is 54.6 Å². The monoisotopic (exact) mass is 499 g/mol. The van der Waals surface area contributed by atoms with Crippen LogP contribution >= 0.6 is 11.3 Å². The highest BCUT2D eigenvalue weighted by molar-refractivity contribution is 7.18. The number of fused-ring (bicyclic) bond motifs is 3. The van der Waals surface area contributed by atoms with Gasteiger partial charge in [-0.15, -0.1) is 11.3 Å². The van der Waals surface area contributed by atoms with E-state index in [1.807, 2.05) is 25.1 Å². The largest absolute Gasteiger partial charge is 0.489 e. The number of nitrogens with zero attached hydrogens (tertiary/aromatic N) is 3. The number of piperazine rings is 1. The Morgan fingerprint density at radius 3 is 2.28 bits per heavy atom. The Balaban J connectivity index is 1.09. The molecule has 5 nitrogen and oxygen atoms in total. The van der Waals surface area contributed by atoms with Crippen LogP contribution in [0.3, 0.4) is 0 Å². The van der Waals surface area contributed by atoms with Gasteiger partial charge in [-0.2, -0.15) is 0 Å². The highest BCUT2D eigenvalue weighted by Gasteiger charge is 2.31. The minimum Gasteiger partial charge on any atom is -0.489 e. The van der Waals surface area contributed by atoms with E-state index in [-0.39, 0.29) is 0 Å². The number of aromatic nitrogens is 1. The predicted octanol–water partition coefficient (Wildman–Crippen LogP) is 4.85. The van der Waals surface area contributed by atoms with Crippen molar-refractivity contribution >= 4 is 21.6 Å². The van der Waals surface area contributed by atoms with Crippen LogP contribution in [-0.2, 0) is 12.8 Å². The zero-order valence-electron chi connectivity index (χ0n) is 20.8. The number of rotatable bonds is 6. The molecule has 6 rings (SSSR count). The van der Waals surface area contributed by atoms with Crippen molar-refractivity contribution in [1.29, 1.82) is 0 Å². The lowest BCUT2D eigenvalue weighted by Gasteiger charge is -2.40. The van der Waals surface area contributed by atoms with Crippen LogP contribution in [0.1, 0.15) is 33.3 Å². The van der Waals surface area contributed by atoms with E-state index >= 15 is 0 Å². The van der Waals surface area contributed by atoms with Crippen molar-refractivity contribution in [2.75, 3.05) is 39.3 Å². The highest BCUT2D eigenvalue weighted by atomic mass is 32.1. The summed E-state index contributed by atoms with van der Waals surface area (Å²) in [4.78, 5) is 9.54. The number of thiazole rings is 1. The Labute approximate surface area is 217 Å². The molecule has 36 heavy (non-hydrogen) atoms. The van der Waals surface area contributed by atoms with E-state index in [0.717, 1.165) is 60.0 Å². The first-order valence-corrected chi connectivity index (χ1v) is 13.8. The molecule has 0 bridgehead atoms. The summed E-state index contributed by atoms with van der Waals surface area (Å²) in [6.07, 6.45) is 1.68. The molecule has 0 unspecified atom stereocenters. The van der Waals surface area contributed by atoms with E-state index in [2.05, 4.69) is 63.3 Å². The molecule has 1 aliphatic carbocycles. The second-order valence-corrected chi connectivity index (χ2v) is 11.1. The Morgan fingerprint density at radius 1 is 0.917 bits per heavy atom. The number of benzene rings is 3. The molecule has 0 spiro atoms. The molecule has 1 atom stereocenters. The number of aliphatic hydroxyl groups excluding tert-OH is 1. The van der Waals surface area contributed by atoms with Crippen molar-refractivity contribution in [3.63, 3.8) is 0 Å². The van der Waals surface area contributed by atoms with Gasteiger partial charge in [0.05, 0.1) is 21.3 Å². The topological polar surface area (TPSA) is 48.8 Å². The number of aryl methyl sites for hydroxylation is 3. The lowest BCUT2D eigenvalue weighted by molar-refractivity contribution is 0.0404. The smallest absolute Gasteiger partial charge is 0.138 e. The van der Waals surface area contributed by atoms with Crippen LogP contribution < -0.4 is 4.74 Å². The van der Waals surface area contributed by atoms with Crippen LogP contribution in [0.4, 0.5) is 0 Å². The molecule has 0 saturated carbocycles. The zero-order chi connectivity index (χ0) is 24.5. The van der Waals surface area contributed by atoms with Crippen LogP contribution in [0, 0.1) is 6.92 Å². The first-order valence-electron chi connectivity index (χ1n) is 12.9. The van der Waals surface area contributed by atoms with Crippen molar-refractivity contribution in [1.82, 2.24) is 14.8 Å². The van der Waals surface area contributed by atoms with E-state index in [9.17, 15) is 5.11 Å². The minimum absolute atomic E-state index is 0.291. The summed E-state index contributed by atoms with van der Waals surface area (Å²) >= 11 is 1.64. The standard InChI is InChI=1S/C30H33N3O2S/c1-21-31-27-11-6-12-28(30(27)36-21)35-20-24(34)19-32-15-17-33(18-16-32)29-25-9-4-2-7-22(25)13-14-23-8-3-5-10-26(23)29/h2-12,24,29,34H,13-20H2,1H3/t24-/m1/s1. The van der Waals surface area contributed by atoms with Crippen LogP contribution in [-0.4, -0.2) is 65.3 Å². The lowest BCUT2D eigenvalue weighted by atomic mass is 9.92. The third-order valence-electron chi connectivity index (χ3n) is 7.52. The number of hydrogen-bond acceptors (Lipinski definition) is 6. The molecule has 1 saturated heterocycles. The highest BCUT2D eigenvalue weighted by Crippen LogP contribution is 2.37. The number of aliphatic hydroxyl groups is 1. The maximum atomic E-state index is 10.8. The summed E-state index contributed by atoms with van der Waals surface area (Å²) < 4.78 is 7.08. The molecule has 6 heteroatoms. The van der Waals surface area contributed by atoms with E-state index in [1.165, 1.54) is 22.3 Å². The minimum atomic E-state index is -0.528. The Kier molecular flexibility index (Phi) is 6.76. The molecule has 1 aromatic heterocycles. The van der Waals surface area contributed by atoms with Gasteiger partial charge in [0.1, 0.15) is 18.5 Å². The quantitative estimate of drug-likeness (QED) is 0.411. The van der Waals surface area contributed by atoms with Crippen molar-refractivity contribution in [3.8, 4) is 5.75 Å². The molecule has 186 valence electrons. The third kappa shape index (κ3) is 4.78. The van der Waals surface area contributed by atoms with Crippen LogP contribution in [0.5, 0.6) is 5.75 Å². The van der Waals surface area contributed by atoms with Crippen molar-refractivity contribution in [2.24, 2.45) is 0 Å². The average Bonchev–Trinajstić information content (AvgIpc) is 3.20. The van der Waals surface area contributed by atoms with Crippen LogP contribution in [0.15, 0.2) is 66.7 Å². The fraction of sp³-hybridized carbons (Fsp3) is 0.367. The van der Waals surface area contributed by atoms with E-state index in [0.29, 0.717) is 19.2 Å². The molecule has 1 N–H and O–H groups in total. The van der Waals surface area contributed by atoms with Gasteiger partial charge in [-0.05, 0) is 54.2 Å². The van der Waals surface area contributed by atoms with E-state index < -0.39 is 6.10 Å². The summed E-state index contributed by atoms with van der Waals surface area (Å²) in [7, 11) is 0. The molecule has 0 amide bonds. The van der Waals surface area contributed by atoms with E-state index in [1.54, 1.807) is 11.3 Å². The van der Waals surface area contributed by atoms with Gasteiger partial charge < -0.3 is 9.84 Å². The fourth-order valence-corrected chi connectivity index (χ4v) is 6.66. The average molecular weight is 500 g/mol. The second kappa shape index (κ2) is 10.3. The molecule has 4 aromatic rings. The number of β-amino-alcohol motifs (C(OH)–C–C–N with tert-alkyl or cyclic N) is 1. The number of ether oxygens (including phenoxy) is 1. The van der Waals surface area contributed by atoms with Crippen molar-refractivity contribution in [3.05, 3.63) is 94.0 Å². The Bertz CT molecular complexity index is 1300. The Hall–Kier alpha value is -2.77. The van der Waals surface area contributed by atoms with E-state index in [4.69, 9.17) is 4.74 Å². The Morgan fingerprint density at radius 2 is 1.58 bits per heavy atom. The summed E-state index contributed by atoms with van der Waals surface area (Å²) in [5.41, 5.74) is 6.82. The second-order valence-electron chi connectivity index (χ2n) is 9.94. The number of hydrogen-bond donors (Lipinski definition) is 1. The SMILES string of the molecule is Cc1nc2cccc(OC[C@H](O)CN3CCN(C4c5ccccc5CCc5ccccc54)CC3)c2s1. The van der Waals surface area contributed by atoms with Crippen LogP contribution in [0.2, 0.25) is 0 Å². The lowest BCUT2D eigenvalue weighted by Crippen LogP contribution is -2.50. The third-order valence-corrected chi connectivity index (χ3v) is 8.52. The molecule has 2 heterocycles. The van der Waals surface area contributed by atoms with Gasteiger partial charge >= 0.3 is 0 Å². The fourth-order valence-electron chi connectivity index (χ4n) is 5.78. The van der Waals surface area contributed by atoms with Gasteiger partial charge in [-0.25, -0.2) is 4.98 Å². The maximum Gasteiger partial charge on any atom is 0.138 e. The summed E-state index contributed by atoms with van der Waals surface area (Å²) in [5, 5.41) is 11.8. The molecule has 3 aromatic carbocycles. The molecular weight excluding hydrogens is 466 g/mol. The van der Waals surface area contributed by atoms with Crippen LogP contribution in [0.25, 0.3) is 10.2 Å². The zero-order valence-corrected chi connectivity index (χ0v) is 21.6.